The smallest absolute Gasteiger partial charge is 0.0351 e. The fraction of sp³-hybridized carbons (Fsp3) is 0.667. The Hall–Kier alpha value is -0.860. The van der Waals surface area contributed by atoms with Crippen molar-refractivity contribution in [1.82, 2.24) is 4.90 Å². The van der Waals surface area contributed by atoms with Crippen LogP contribution in [-0.2, 0) is 5.41 Å². The molecule has 1 aromatic rings. The van der Waals surface area contributed by atoms with Crippen LogP contribution in [0.5, 0.6) is 0 Å². The van der Waals surface area contributed by atoms with E-state index in [1.807, 2.05) is 0 Å². The molecule has 0 radical (unpaired) electrons. The summed E-state index contributed by atoms with van der Waals surface area (Å²) in [6.07, 6.45) is 5.15. The fourth-order valence-corrected chi connectivity index (χ4v) is 4.07. The van der Waals surface area contributed by atoms with E-state index in [9.17, 15) is 0 Å². The summed E-state index contributed by atoms with van der Waals surface area (Å²) in [5.74, 6) is 0.751. The van der Waals surface area contributed by atoms with E-state index in [4.69, 9.17) is 5.73 Å². The van der Waals surface area contributed by atoms with E-state index in [-0.39, 0.29) is 0 Å². The molecule has 0 spiro atoms. The molecule has 0 saturated carbocycles. The van der Waals surface area contributed by atoms with Crippen molar-refractivity contribution in [2.75, 3.05) is 19.6 Å². The summed E-state index contributed by atoms with van der Waals surface area (Å²) in [7, 11) is 0. The molecule has 0 bridgehead atoms. The highest BCUT2D eigenvalue weighted by atomic mass is 15.2. The number of likely N-dealkylation sites (tertiary alicyclic amines) is 1. The Morgan fingerprint density at radius 1 is 1.15 bits per heavy atom. The first-order chi connectivity index (χ1) is 9.62. The van der Waals surface area contributed by atoms with Crippen molar-refractivity contribution in [2.24, 2.45) is 11.7 Å². The highest BCUT2D eigenvalue weighted by Crippen LogP contribution is 2.44. The topological polar surface area (TPSA) is 29.3 Å². The van der Waals surface area contributed by atoms with E-state index in [1.54, 1.807) is 11.1 Å². The molecule has 1 heterocycles. The first-order valence-electron chi connectivity index (χ1n) is 8.15. The largest absolute Gasteiger partial charge is 0.330 e. The molecule has 1 unspecified atom stereocenters. The molecule has 1 aliphatic heterocycles. The van der Waals surface area contributed by atoms with Crippen LogP contribution in [0.25, 0.3) is 0 Å². The Labute approximate surface area is 123 Å². The van der Waals surface area contributed by atoms with Gasteiger partial charge in [0.05, 0.1) is 0 Å². The summed E-state index contributed by atoms with van der Waals surface area (Å²) in [6, 6.07) is 9.74. The predicted octanol–water partition coefficient (Wildman–Crippen LogP) is 3.47. The number of nitrogens with two attached hydrogens (primary N) is 1. The van der Waals surface area contributed by atoms with Gasteiger partial charge in [0.1, 0.15) is 0 Å². The Bertz CT molecular complexity index is 458. The lowest BCUT2D eigenvalue weighted by atomic mass is 9.70. The van der Waals surface area contributed by atoms with Crippen molar-refractivity contribution in [3.05, 3.63) is 35.4 Å². The summed E-state index contributed by atoms with van der Waals surface area (Å²) in [6.45, 7) is 8.09. The summed E-state index contributed by atoms with van der Waals surface area (Å²) in [5.41, 5.74) is 9.30. The van der Waals surface area contributed by atoms with Crippen LogP contribution < -0.4 is 5.73 Å². The van der Waals surface area contributed by atoms with Crippen molar-refractivity contribution in [3.63, 3.8) is 0 Å². The van der Waals surface area contributed by atoms with Gasteiger partial charge in [0, 0.05) is 6.04 Å². The first kappa shape index (κ1) is 14.1. The van der Waals surface area contributed by atoms with Gasteiger partial charge in [0.25, 0.3) is 0 Å². The van der Waals surface area contributed by atoms with Crippen LogP contribution in [-0.4, -0.2) is 24.5 Å². The minimum Gasteiger partial charge on any atom is -0.330 e. The molecule has 2 aliphatic rings. The summed E-state index contributed by atoms with van der Waals surface area (Å²) >= 11 is 0. The normalized spacial score (nSPS) is 27.2. The van der Waals surface area contributed by atoms with Crippen molar-refractivity contribution in [3.8, 4) is 0 Å². The molecule has 1 fully saturated rings. The molecule has 2 N–H and O–H groups in total. The van der Waals surface area contributed by atoms with E-state index in [0.29, 0.717) is 11.5 Å². The number of benzene rings is 1. The van der Waals surface area contributed by atoms with Gasteiger partial charge in [0.2, 0.25) is 0 Å². The van der Waals surface area contributed by atoms with Crippen LogP contribution in [0.4, 0.5) is 0 Å². The average molecular weight is 272 g/mol. The van der Waals surface area contributed by atoms with Gasteiger partial charge >= 0.3 is 0 Å². The predicted molar refractivity (Wildman–Crippen MR) is 84.8 cm³/mol. The molecule has 3 rings (SSSR count). The lowest BCUT2D eigenvalue weighted by Crippen LogP contribution is -2.41. The average Bonchev–Trinajstić information content (AvgIpc) is 2.48. The zero-order valence-electron chi connectivity index (χ0n) is 12.9. The third kappa shape index (κ3) is 2.51. The number of nitrogens with zero attached hydrogens (tertiary/aromatic N) is 1. The molecule has 2 heteroatoms. The van der Waals surface area contributed by atoms with Gasteiger partial charge in [-0.15, -0.1) is 0 Å². The van der Waals surface area contributed by atoms with Crippen molar-refractivity contribution in [2.45, 2.75) is 51.0 Å². The van der Waals surface area contributed by atoms with E-state index in [0.717, 1.165) is 12.5 Å². The van der Waals surface area contributed by atoms with Crippen LogP contribution >= 0.6 is 0 Å². The third-order valence-corrected chi connectivity index (χ3v) is 5.51. The molecule has 1 aromatic carbocycles. The molecule has 1 aliphatic carbocycles. The van der Waals surface area contributed by atoms with E-state index < -0.39 is 0 Å². The quantitative estimate of drug-likeness (QED) is 0.893. The van der Waals surface area contributed by atoms with Crippen LogP contribution in [0, 0.1) is 5.92 Å². The molecular weight excluding hydrogens is 244 g/mol. The van der Waals surface area contributed by atoms with Gasteiger partial charge in [0.15, 0.2) is 0 Å². The number of hydrogen-bond donors (Lipinski definition) is 1. The molecular formula is C18H28N2. The molecule has 0 amide bonds. The monoisotopic (exact) mass is 272 g/mol. The zero-order chi connectivity index (χ0) is 14.2. The summed E-state index contributed by atoms with van der Waals surface area (Å²) in [4.78, 5) is 2.71. The highest BCUT2D eigenvalue weighted by molar-refractivity contribution is 5.38. The van der Waals surface area contributed by atoms with Gasteiger partial charge in [-0.25, -0.2) is 0 Å². The SMILES string of the molecule is CC1(C)CCC(N2CCC(CN)CC2)c2ccccc21. The van der Waals surface area contributed by atoms with Gasteiger partial charge in [-0.2, -0.15) is 0 Å². The maximum atomic E-state index is 5.82. The van der Waals surface area contributed by atoms with Crippen LogP contribution in [0.3, 0.4) is 0 Å². The van der Waals surface area contributed by atoms with Gasteiger partial charge in [-0.05, 0) is 67.8 Å². The molecule has 1 saturated heterocycles. The van der Waals surface area contributed by atoms with E-state index in [2.05, 4.69) is 43.0 Å². The number of rotatable bonds is 2. The van der Waals surface area contributed by atoms with Gasteiger partial charge in [-0.3, -0.25) is 4.90 Å². The van der Waals surface area contributed by atoms with Gasteiger partial charge < -0.3 is 5.73 Å². The molecule has 20 heavy (non-hydrogen) atoms. The van der Waals surface area contributed by atoms with Crippen LogP contribution in [0.2, 0.25) is 0 Å². The van der Waals surface area contributed by atoms with Gasteiger partial charge in [-0.1, -0.05) is 38.1 Å². The maximum Gasteiger partial charge on any atom is 0.0351 e. The Morgan fingerprint density at radius 3 is 2.55 bits per heavy atom. The number of fused-ring (bicyclic) bond motifs is 1. The second kappa shape index (κ2) is 5.50. The van der Waals surface area contributed by atoms with Crippen molar-refractivity contribution in [1.29, 1.82) is 0 Å². The third-order valence-electron chi connectivity index (χ3n) is 5.51. The minimum atomic E-state index is 0.336. The first-order valence-corrected chi connectivity index (χ1v) is 8.15. The second-order valence-corrected chi connectivity index (χ2v) is 7.24. The molecule has 2 nitrogen and oxygen atoms in total. The minimum absolute atomic E-state index is 0.336. The fourth-order valence-electron chi connectivity index (χ4n) is 4.07. The summed E-state index contributed by atoms with van der Waals surface area (Å²) < 4.78 is 0. The standard InChI is InChI=1S/C18H28N2/c1-18(2)10-7-17(15-5-3-4-6-16(15)18)20-11-8-14(13-19)9-12-20/h3-6,14,17H,7-13,19H2,1-2H3. The number of piperidine rings is 1. The van der Waals surface area contributed by atoms with Crippen molar-refractivity contribution >= 4 is 0 Å². The number of hydrogen-bond acceptors (Lipinski definition) is 2. The van der Waals surface area contributed by atoms with Crippen LogP contribution in [0.1, 0.15) is 56.7 Å². The Morgan fingerprint density at radius 2 is 1.85 bits per heavy atom. The zero-order valence-corrected chi connectivity index (χ0v) is 12.9. The molecule has 110 valence electrons. The summed E-state index contributed by atoms with van der Waals surface area (Å²) in [5, 5.41) is 0. The maximum absolute atomic E-state index is 5.82. The lowest BCUT2D eigenvalue weighted by molar-refractivity contribution is 0.114. The Kier molecular flexibility index (Phi) is 3.87. The van der Waals surface area contributed by atoms with E-state index in [1.165, 1.54) is 38.8 Å². The Balaban J connectivity index is 1.82. The highest BCUT2D eigenvalue weighted by Gasteiger charge is 2.35. The second-order valence-electron chi connectivity index (χ2n) is 7.24. The lowest BCUT2D eigenvalue weighted by Gasteiger charge is -2.44. The molecule has 1 atom stereocenters. The van der Waals surface area contributed by atoms with Crippen molar-refractivity contribution < 1.29 is 0 Å². The van der Waals surface area contributed by atoms with Crippen LogP contribution in [0.15, 0.2) is 24.3 Å². The van der Waals surface area contributed by atoms with E-state index >= 15 is 0 Å². The molecule has 0 aromatic heterocycles.